The van der Waals surface area contributed by atoms with Crippen molar-refractivity contribution < 1.29 is 4.74 Å². The van der Waals surface area contributed by atoms with E-state index in [9.17, 15) is 0 Å². The number of ether oxygens (including phenoxy) is 1. The molecule has 0 radical (unpaired) electrons. The van der Waals surface area contributed by atoms with Gasteiger partial charge in [0, 0.05) is 16.9 Å². The van der Waals surface area contributed by atoms with Crippen LogP contribution in [0.3, 0.4) is 0 Å². The molecule has 21 heavy (non-hydrogen) atoms. The maximum Gasteiger partial charge on any atom is 0.137 e. The van der Waals surface area contributed by atoms with Gasteiger partial charge in [0.2, 0.25) is 0 Å². The molecule has 0 spiro atoms. The van der Waals surface area contributed by atoms with Crippen LogP contribution < -0.4 is 10.5 Å². The van der Waals surface area contributed by atoms with Crippen molar-refractivity contribution in [2.24, 2.45) is 5.73 Å². The molecular weight excluding hydrogens is 330 g/mol. The summed E-state index contributed by atoms with van der Waals surface area (Å²) in [5, 5.41) is 0. The Labute approximate surface area is 131 Å². The van der Waals surface area contributed by atoms with Gasteiger partial charge in [-0.3, -0.25) is 0 Å². The highest BCUT2D eigenvalue weighted by atomic mass is 79.9. The van der Waals surface area contributed by atoms with E-state index in [0.29, 0.717) is 13.2 Å². The van der Waals surface area contributed by atoms with Gasteiger partial charge >= 0.3 is 0 Å². The molecule has 108 valence electrons. The van der Waals surface area contributed by atoms with E-state index in [0.717, 1.165) is 33.5 Å². The van der Waals surface area contributed by atoms with Crippen LogP contribution in [0.25, 0.3) is 5.65 Å². The highest BCUT2D eigenvalue weighted by molar-refractivity contribution is 9.10. The van der Waals surface area contributed by atoms with Gasteiger partial charge in [-0.05, 0) is 48.9 Å². The van der Waals surface area contributed by atoms with Crippen LogP contribution >= 0.6 is 15.9 Å². The number of benzene rings is 1. The molecule has 0 aliphatic heterocycles. The molecule has 0 saturated heterocycles. The van der Waals surface area contributed by atoms with E-state index >= 15 is 0 Å². The predicted molar refractivity (Wildman–Crippen MR) is 86.4 cm³/mol. The average Bonchev–Trinajstić information content (AvgIpc) is 2.91. The lowest BCUT2D eigenvalue weighted by Crippen LogP contribution is -2.04. The summed E-state index contributed by atoms with van der Waals surface area (Å²) in [5.74, 6) is 0.832. The van der Waals surface area contributed by atoms with Crippen LogP contribution in [0.1, 0.15) is 11.3 Å². The minimum absolute atomic E-state index is 0.450. The quantitative estimate of drug-likeness (QED) is 0.772. The van der Waals surface area contributed by atoms with Gasteiger partial charge in [0.1, 0.15) is 18.0 Å². The third-order valence-corrected chi connectivity index (χ3v) is 4.01. The highest BCUT2D eigenvalue weighted by Crippen LogP contribution is 2.23. The van der Waals surface area contributed by atoms with E-state index in [-0.39, 0.29) is 0 Å². The Balaban J connectivity index is 1.73. The van der Waals surface area contributed by atoms with Crippen LogP contribution in [0.5, 0.6) is 5.75 Å². The summed E-state index contributed by atoms with van der Waals surface area (Å²) in [6, 6.07) is 11.9. The largest absolute Gasteiger partial charge is 0.487 e. The number of pyridine rings is 1. The molecule has 2 N–H and O–H groups in total. The molecule has 0 bridgehead atoms. The molecule has 0 amide bonds. The SMILES string of the molecule is NCCc1cc(OCc2cn3ccccc3n2)ccc1Br. The van der Waals surface area contributed by atoms with Gasteiger partial charge in [-0.25, -0.2) is 4.98 Å². The molecule has 0 atom stereocenters. The number of hydrogen-bond donors (Lipinski definition) is 1. The predicted octanol–water partition coefficient (Wildman–Crippen LogP) is 3.18. The summed E-state index contributed by atoms with van der Waals surface area (Å²) < 4.78 is 8.88. The number of halogens is 1. The summed E-state index contributed by atoms with van der Waals surface area (Å²) in [5.41, 5.74) is 8.60. The molecule has 3 aromatic rings. The van der Waals surface area contributed by atoms with Crippen LogP contribution in [-0.2, 0) is 13.0 Å². The standard InChI is InChI=1S/C16H16BrN3O/c17-15-5-4-14(9-12(15)6-7-18)21-11-13-10-20-8-2-1-3-16(20)19-13/h1-5,8-10H,6-7,11,18H2. The molecule has 2 aromatic heterocycles. The molecule has 0 aliphatic carbocycles. The number of nitrogens with two attached hydrogens (primary N) is 1. The molecular formula is C16H16BrN3O. The van der Waals surface area contributed by atoms with E-state index < -0.39 is 0 Å². The van der Waals surface area contributed by atoms with Crippen LogP contribution in [-0.4, -0.2) is 15.9 Å². The van der Waals surface area contributed by atoms with Gasteiger partial charge < -0.3 is 14.9 Å². The maximum absolute atomic E-state index is 5.83. The van der Waals surface area contributed by atoms with E-state index in [1.807, 2.05) is 53.2 Å². The normalized spacial score (nSPS) is 11.0. The maximum atomic E-state index is 5.83. The Hall–Kier alpha value is -1.85. The minimum Gasteiger partial charge on any atom is -0.487 e. The molecule has 0 aliphatic rings. The number of nitrogens with zero attached hydrogens (tertiary/aromatic N) is 2. The van der Waals surface area contributed by atoms with Gasteiger partial charge in [-0.15, -0.1) is 0 Å². The van der Waals surface area contributed by atoms with Gasteiger partial charge in [0.25, 0.3) is 0 Å². The van der Waals surface area contributed by atoms with E-state index in [4.69, 9.17) is 10.5 Å². The van der Waals surface area contributed by atoms with Crippen molar-refractivity contribution in [3.63, 3.8) is 0 Å². The molecule has 4 nitrogen and oxygen atoms in total. The Morgan fingerprint density at radius 2 is 2.14 bits per heavy atom. The molecule has 3 rings (SSSR count). The summed E-state index contributed by atoms with van der Waals surface area (Å²) >= 11 is 3.52. The first-order valence-electron chi connectivity index (χ1n) is 6.80. The minimum atomic E-state index is 0.450. The number of hydrogen-bond acceptors (Lipinski definition) is 3. The van der Waals surface area contributed by atoms with Crippen molar-refractivity contribution in [3.05, 3.63) is 64.5 Å². The third-order valence-electron chi connectivity index (χ3n) is 3.23. The number of imidazole rings is 1. The van der Waals surface area contributed by atoms with E-state index in [1.54, 1.807) is 0 Å². The molecule has 0 fully saturated rings. The lowest BCUT2D eigenvalue weighted by molar-refractivity contribution is 0.301. The Morgan fingerprint density at radius 3 is 2.95 bits per heavy atom. The second-order valence-electron chi connectivity index (χ2n) is 4.78. The van der Waals surface area contributed by atoms with Crippen molar-refractivity contribution in [1.82, 2.24) is 9.38 Å². The van der Waals surface area contributed by atoms with Crippen molar-refractivity contribution in [1.29, 1.82) is 0 Å². The lowest BCUT2D eigenvalue weighted by Gasteiger charge is -2.08. The van der Waals surface area contributed by atoms with Gasteiger partial charge in [0.15, 0.2) is 0 Å². The fourth-order valence-electron chi connectivity index (χ4n) is 2.20. The highest BCUT2D eigenvalue weighted by Gasteiger charge is 2.05. The first-order valence-corrected chi connectivity index (χ1v) is 7.59. The van der Waals surface area contributed by atoms with Gasteiger partial charge in [0.05, 0.1) is 5.69 Å². The monoisotopic (exact) mass is 345 g/mol. The molecule has 5 heteroatoms. The third kappa shape index (κ3) is 3.25. The van der Waals surface area contributed by atoms with Crippen LogP contribution in [0.2, 0.25) is 0 Å². The molecule has 2 heterocycles. The lowest BCUT2D eigenvalue weighted by atomic mass is 10.1. The van der Waals surface area contributed by atoms with Crippen molar-refractivity contribution in [2.75, 3.05) is 6.54 Å². The van der Waals surface area contributed by atoms with Crippen LogP contribution in [0.4, 0.5) is 0 Å². The molecule has 1 aromatic carbocycles. The van der Waals surface area contributed by atoms with Crippen LogP contribution in [0, 0.1) is 0 Å². The van der Waals surface area contributed by atoms with Crippen molar-refractivity contribution >= 4 is 21.6 Å². The zero-order chi connectivity index (χ0) is 14.7. The fraction of sp³-hybridized carbons (Fsp3) is 0.188. The number of rotatable bonds is 5. The topological polar surface area (TPSA) is 52.5 Å². The summed E-state index contributed by atoms with van der Waals surface area (Å²) in [6.45, 7) is 1.07. The van der Waals surface area contributed by atoms with Crippen molar-refractivity contribution in [2.45, 2.75) is 13.0 Å². The number of aromatic nitrogens is 2. The molecule has 0 unspecified atom stereocenters. The Bertz CT molecular complexity index is 721. The number of fused-ring (bicyclic) bond motifs is 1. The fourth-order valence-corrected chi connectivity index (χ4v) is 2.65. The van der Waals surface area contributed by atoms with E-state index in [2.05, 4.69) is 20.9 Å². The smallest absolute Gasteiger partial charge is 0.137 e. The average molecular weight is 346 g/mol. The first-order chi connectivity index (χ1) is 10.3. The summed E-state index contributed by atoms with van der Waals surface area (Å²) in [7, 11) is 0. The first kappa shape index (κ1) is 14.1. The van der Waals surface area contributed by atoms with E-state index in [1.165, 1.54) is 0 Å². The van der Waals surface area contributed by atoms with Crippen LogP contribution in [0.15, 0.2) is 53.3 Å². The van der Waals surface area contributed by atoms with Gasteiger partial charge in [-0.2, -0.15) is 0 Å². The van der Waals surface area contributed by atoms with Crippen molar-refractivity contribution in [3.8, 4) is 5.75 Å². The summed E-state index contributed by atoms with van der Waals surface area (Å²) in [6.07, 6.45) is 4.78. The zero-order valence-electron chi connectivity index (χ0n) is 11.5. The zero-order valence-corrected chi connectivity index (χ0v) is 13.1. The second kappa shape index (κ2) is 6.28. The molecule has 0 saturated carbocycles. The Kier molecular flexibility index (Phi) is 4.22. The summed E-state index contributed by atoms with van der Waals surface area (Å²) in [4.78, 5) is 4.51. The van der Waals surface area contributed by atoms with Gasteiger partial charge in [-0.1, -0.05) is 22.0 Å². The Morgan fingerprint density at radius 1 is 1.24 bits per heavy atom. The second-order valence-corrected chi connectivity index (χ2v) is 5.63.